The Hall–Kier alpha value is -1.63. The van der Waals surface area contributed by atoms with Crippen LogP contribution in [0.25, 0.3) is 0 Å². The van der Waals surface area contributed by atoms with Gasteiger partial charge in [-0.1, -0.05) is 0 Å². The number of amides is 1. The molecule has 1 unspecified atom stereocenters. The Morgan fingerprint density at radius 2 is 1.83 bits per heavy atom. The third-order valence-corrected chi connectivity index (χ3v) is 7.45. The summed E-state index contributed by atoms with van der Waals surface area (Å²) in [4.78, 5) is 23.4. The van der Waals surface area contributed by atoms with E-state index in [1.807, 2.05) is 0 Å². The quantitative estimate of drug-likeness (QED) is 0.749. The van der Waals surface area contributed by atoms with Crippen molar-refractivity contribution < 1.29 is 31.8 Å². The Bertz CT molecular complexity index is 776. The van der Waals surface area contributed by atoms with E-state index in [1.54, 1.807) is 0 Å². The number of halogens is 3. The van der Waals surface area contributed by atoms with Gasteiger partial charge in [0.25, 0.3) is 5.91 Å². The lowest BCUT2D eigenvalue weighted by Gasteiger charge is -2.43. The van der Waals surface area contributed by atoms with Gasteiger partial charge in [-0.25, -0.2) is 4.98 Å². The molecule has 1 atom stereocenters. The van der Waals surface area contributed by atoms with E-state index >= 15 is 0 Å². The first kappa shape index (κ1) is 20.6. The van der Waals surface area contributed by atoms with E-state index in [-0.39, 0.29) is 42.6 Å². The molecule has 4 aliphatic rings. The minimum absolute atomic E-state index is 0.0314. The first-order chi connectivity index (χ1) is 13.6. The third kappa shape index (κ3) is 4.44. The highest BCUT2D eigenvalue weighted by Gasteiger charge is 2.41. The van der Waals surface area contributed by atoms with Crippen molar-refractivity contribution >= 4 is 16.5 Å². The number of rotatable bonds is 3. The first-order valence-corrected chi connectivity index (χ1v) is 11.4. The van der Waals surface area contributed by atoms with Gasteiger partial charge in [0.2, 0.25) is 0 Å². The van der Waals surface area contributed by atoms with Gasteiger partial charge in [-0.3, -0.25) is 18.8 Å². The fraction of sp³-hybridized carbons (Fsp3) is 0.706. The Morgan fingerprint density at radius 1 is 1.17 bits per heavy atom. The third-order valence-electron chi connectivity index (χ3n) is 5.78. The molecular weight excluding hydrogens is 413 g/mol. The van der Waals surface area contributed by atoms with Gasteiger partial charge in [0.1, 0.15) is 6.10 Å². The summed E-state index contributed by atoms with van der Waals surface area (Å²) >= 11 is 0. The molecule has 12 heteroatoms. The van der Waals surface area contributed by atoms with E-state index in [4.69, 9.17) is 4.74 Å². The number of nitrogens with zero attached hydrogens (tertiary/aromatic N) is 4. The van der Waals surface area contributed by atoms with Crippen molar-refractivity contribution in [2.75, 3.05) is 44.2 Å². The topological polar surface area (TPSA) is 99.0 Å². The number of hydrogen-bond acceptors (Lipinski definition) is 7. The lowest BCUT2D eigenvalue weighted by Crippen LogP contribution is -2.52. The second kappa shape index (κ2) is 7.56. The Labute approximate surface area is 167 Å². The van der Waals surface area contributed by atoms with E-state index in [0.29, 0.717) is 6.54 Å². The van der Waals surface area contributed by atoms with Gasteiger partial charge in [0, 0.05) is 25.8 Å². The van der Waals surface area contributed by atoms with E-state index in [2.05, 4.69) is 14.9 Å². The molecule has 0 radical (unpaired) electrons. The molecule has 2 bridgehead atoms. The normalized spacial score (nSPS) is 30.1. The molecule has 0 saturated carbocycles. The van der Waals surface area contributed by atoms with Crippen molar-refractivity contribution in [3.8, 4) is 6.01 Å². The molecule has 0 aromatic carbocycles. The Kier molecular flexibility index (Phi) is 5.38. The fourth-order valence-corrected chi connectivity index (χ4v) is 5.30. The average molecular weight is 436 g/mol. The van der Waals surface area contributed by atoms with Crippen LogP contribution in [0.5, 0.6) is 6.01 Å². The van der Waals surface area contributed by atoms with Crippen molar-refractivity contribution in [3.05, 3.63) is 17.5 Å². The van der Waals surface area contributed by atoms with Crippen LogP contribution in [0, 0.1) is 5.92 Å². The molecule has 2 N–H and O–H groups in total. The molecule has 0 spiro atoms. The number of carbonyl (C=O) groups excluding carboxylic acids is 1. The summed E-state index contributed by atoms with van der Waals surface area (Å²) < 4.78 is 65.8. The maximum atomic E-state index is 13.6. The number of alkyl halides is 3. The summed E-state index contributed by atoms with van der Waals surface area (Å²) in [5.41, 5.74) is -1.98. The first-order valence-electron chi connectivity index (χ1n) is 9.48. The molecule has 29 heavy (non-hydrogen) atoms. The Balaban J connectivity index is 1.54. The van der Waals surface area contributed by atoms with Crippen LogP contribution in [-0.2, 0) is 6.18 Å². The van der Waals surface area contributed by atoms with Crippen molar-refractivity contribution in [1.29, 1.82) is 0 Å². The van der Waals surface area contributed by atoms with Crippen LogP contribution >= 0.6 is 10.6 Å². The van der Waals surface area contributed by atoms with Gasteiger partial charge < -0.3 is 9.64 Å². The van der Waals surface area contributed by atoms with Crippen LogP contribution in [0.4, 0.5) is 13.2 Å². The lowest BCUT2D eigenvalue weighted by atomic mass is 9.86. The van der Waals surface area contributed by atoms with Crippen LogP contribution in [0.2, 0.25) is 0 Å². The highest BCUT2D eigenvalue weighted by atomic mass is 32.3. The van der Waals surface area contributed by atoms with E-state index in [9.17, 15) is 27.1 Å². The van der Waals surface area contributed by atoms with Crippen molar-refractivity contribution in [2.24, 2.45) is 5.92 Å². The average Bonchev–Trinajstić information content (AvgIpc) is 2.68. The highest BCUT2D eigenvalue weighted by molar-refractivity contribution is 8.24. The molecule has 1 aromatic heterocycles. The minimum Gasteiger partial charge on any atom is -0.458 e. The number of hydrogen-bond donors (Lipinski definition) is 2. The van der Waals surface area contributed by atoms with Gasteiger partial charge >= 0.3 is 12.2 Å². The second-order valence-electron chi connectivity index (χ2n) is 7.71. The molecule has 1 aromatic rings. The summed E-state index contributed by atoms with van der Waals surface area (Å²) in [5.74, 6) is -0.711. The van der Waals surface area contributed by atoms with Gasteiger partial charge in [0.15, 0.2) is 5.69 Å². The largest absolute Gasteiger partial charge is 0.458 e. The van der Waals surface area contributed by atoms with Crippen LogP contribution in [0.3, 0.4) is 0 Å². The molecule has 8 nitrogen and oxygen atoms in total. The summed E-state index contributed by atoms with van der Waals surface area (Å²) in [5, 5.41) is 0. The predicted molar refractivity (Wildman–Crippen MR) is 99.1 cm³/mol. The summed E-state index contributed by atoms with van der Waals surface area (Å²) in [6, 6.07) is -0.375. The number of fused-ring (bicyclic) bond motifs is 3. The van der Waals surface area contributed by atoms with Gasteiger partial charge in [-0.2, -0.15) is 28.7 Å². The van der Waals surface area contributed by atoms with Gasteiger partial charge in [0.05, 0.1) is 17.1 Å². The fourth-order valence-electron chi connectivity index (χ4n) is 4.07. The van der Waals surface area contributed by atoms with Crippen molar-refractivity contribution in [3.63, 3.8) is 0 Å². The molecule has 1 amide bonds. The smallest absolute Gasteiger partial charge is 0.434 e. The monoisotopic (exact) mass is 436 g/mol. The lowest BCUT2D eigenvalue weighted by molar-refractivity contribution is -0.142. The van der Waals surface area contributed by atoms with Crippen LogP contribution < -0.4 is 4.74 Å². The standard InChI is InChI=1S/C17H23F3N4O4S/c18-17(19,20)14-12(15(25)24-5-7-29(26,27)8-6-24)9-21-16(22-14)28-13-10-23-3-1-11(13)2-4-23/h9,11,13,26-27H,1-8,10H2. The SMILES string of the molecule is O=C(c1cnc(OC2CN3CCC2CC3)nc1C(F)(F)F)N1CCS(O)(O)CC1. The highest BCUT2D eigenvalue weighted by Crippen LogP contribution is 2.41. The minimum atomic E-state index is -4.85. The van der Waals surface area contributed by atoms with Crippen molar-refractivity contribution in [1.82, 2.24) is 19.8 Å². The molecule has 4 saturated heterocycles. The van der Waals surface area contributed by atoms with E-state index < -0.39 is 33.9 Å². The Morgan fingerprint density at radius 3 is 2.38 bits per heavy atom. The zero-order chi connectivity index (χ0) is 20.8. The molecule has 0 aliphatic carbocycles. The zero-order valence-corrected chi connectivity index (χ0v) is 16.5. The summed E-state index contributed by atoms with van der Waals surface area (Å²) in [7, 11) is -2.77. The predicted octanol–water partition coefficient (Wildman–Crippen LogP) is 2.17. The van der Waals surface area contributed by atoms with E-state index in [1.165, 1.54) is 4.90 Å². The summed E-state index contributed by atoms with van der Waals surface area (Å²) in [6.07, 6.45) is -2.38. The van der Waals surface area contributed by atoms with Crippen LogP contribution in [0.1, 0.15) is 28.9 Å². The van der Waals surface area contributed by atoms with Gasteiger partial charge in [-0.05, 0) is 31.8 Å². The maximum Gasteiger partial charge on any atom is 0.434 e. The zero-order valence-electron chi connectivity index (χ0n) is 15.6. The molecule has 162 valence electrons. The number of ether oxygens (including phenoxy) is 1. The van der Waals surface area contributed by atoms with E-state index in [0.717, 1.165) is 32.1 Å². The number of piperidine rings is 3. The van der Waals surface area contributed by atoms with Crippen LogP contribution in [-0.4, -0.2) is 85.1 Å². The van der Waals surface area contributed by atoms with Gasteiger partial charge in [-0.15, -0.1) is 0 Å². The maximum absolute atomic E-state index is 13.6. The second-order valence-corrected chi connectivity index (χ2v) is 10.1. The number of aromatic nitrogens is 2. The van der Waals surface area contributed by atoms with Crippen LogP contribution in [0.15, 0.2) is 6.20 Å². The number of carbonyl (C=O) groups is 1. The molecular formula is C17H23F3N4O4S. The molecule has 4 aliphatic heterocycles. The molecule has 5 heterocycles. The summed E-state index contributed by atoms with van der Waals surface area (Å²) in [6.45, 7) is 2.50. The van der Waals surface area contributed by atoms with Crippen molar-refractivity contribution in [2.45, 2.75) is 25.1 Å². The molecule has 4 fully saturated rings. The molecule has 5 rings (SSSR count).